The Kier molecular flexibility index (Phi) is 4.08. The van der Waals surface area contributed by atoms with Gasteiger partial charge in [-0.25, -0.2) is 9.48 Å². The maximum absolute atomic E-state index is 12.0. The summed E-state index contributed by atoms with van der Waals surface area (Å²) in [7, 11) is 1.86. The molecule has 0 amide bonds. The highest BCUT2D eigenvalue weighted by atomic mass is 16.5. The molecule has 0 spiro atoms. The number of rotatable bonds is 4. The second-order valence-electron chi connectivity index (χ2n) is 4.45. The van der Waals surface area contributed by atoms with Gasteiger partial charge in [0.05, 0.1) is 29.4 Å². The van der Waals surface area contributed by atoms with Gasteiger partial charge in [-0.3, -0.25) is 0 Å². The summed E-state index contributed by atoms with van der Waals surface area (Å²) < 4.78 is 6.86. The second kappa shape index (κ2) is 5.77. The van der Waals surface area contributed by atoms with Crippen LogP contribution < -0.4 is 5.32 Å². The summed E-state index contributed by atoms with van der Waals surface area (Å²) >= 11 is 0. The summed E-state index contributed by atoms with van der Waals surface area (Å²) in [6.07, 6.45) is 0. The second-order valence-corrected chi connectivity index (χ2v) is 4.45. The molecule has 20 heavy (non-hydrogen) atoms. The van der Waals surface area contributed by atoms with Crippen LogP contribution in [0.4, 0.5) is 5.69 Å². The Bertz CT molecular complexity index is 632. The van der Waals surface area contributed by atoms with Crippen molar-refractivity contribution in [2.75, 3.05) is 19.0 Å². The highest BCUT2D eigenvalue weighted by Gasteiger charge is 2.21. The third kappa shape index (κ3) is 2.39. The van der Waals surface area contributed by atoms with E-state index in [4.69, 9.17) is 4.74 Å². The fourth-order valence-electron chi connectivity index (χ4n) is 2.25. The molecule has 0 saturated heterocycles. The minimum absolute atomic E-state index is 0.323. The first-order valence-electron chi connectivity index (χ1n) is 6.60. The highest BCUT2D eigenvalue weighted by Crippen LogP contribution is 2.24. The Labute approximate surface area is 118 Å². The molecule has 1 aromatic heterocycles. The molecule has 0 aliphatic rings. The Morgan fingerprint density at radius 3 is 2.70 bits per heavy atom. The quantitative estimate of drug-likeness (QED) is 0.870. The molecule has 5 heteroatoms. The van der Waals surface area contributed by atoms with Crippen LogP contribution in [-0.2, 0) is 4.74 Å². The van der Waals surface area contributed by atoms with Crippen LogP contribution in [0.15, 0.2) is 24.3 Å². The van der Waals surface area contributed by atoms with Gasteiger partial charge in [0.2, 0.25) is 0 Å². The molecule has 5 nitrogen and oxygen atoms in total. The van der Waals surface area contributed by atoms with E-state index in [2.05, 4.69) is 10.4 Å². The number of para-hydroxylation sites is 2. The highest BCUT2D eigenvalue weighted by molar-refractivity contribution is 5.92. The van der Waals surface area contributed by atoms with Gasteiger partial charge in [-0.05, 0) is 32.9 Å². The summed E-state index contributed by atoms with van der Waals surface area (Å²) in [4.78, 5) is 12.0. The predicted molar refractivity (Wildman–Crippen MR) is 78.5 cm³/mol. The summed E-state index contributed by atoms with van der Waals surface area (Å²) in [5, 5.41) is 7.60. The molecule has 2 aromatic rings. The number of aryl methyl sites for hydroxylation is 1. The molecule has 0 bridgehead atoms. The van der Waals surface area contributed by atoms with Gasteiger partial charge in [0.25, 0.3) is 0 Å². The molecule has 0 aliphatic carbocycles. The van der Waals surface area contributed by atoms with E-state index >= 15 is 0 Å². The smallest absolute Gasteiger partial charge is 0.341 e. The molecule has 0 atom stereocenters. The van der Waals surface area contributed by atoms with Crippen molar-refractivity contribution in [3.63, 3.8) is 0 Å². The fourth-order valence-corrected chi connectivity index (χ4v) is 2.25. The lowest BCUT2D eigenvalue weighted by Gasteiger charge is -2.10. The lowest BCUT2D eigenvalue weighted by atomic mass is 10.2. The van der Waals surface area contributed by atoms with Gasteiger partial charge in [-0.15, -0.1) is 0 Å². The molecule has 0 radical (unpaired) electrons. The third-order valence-electron chi connectivity index (χ3n) is 3.17. The number of carbonyl (C=O) groups excluding carboxylic acids is 1. The lowest BCUT2D eigenvalue weighted by Crippen LogP contribution is -2.08. The summed E-state index contributed by atoms with van der Waals surface area (Å²) in [6.45, 7) is 5.84. The molecule has 2 rings (SSSR count). The van der Waals surface area contributed by atoms with E-state index < -0.39 is 0 Å². The van der Waals surface area contributed by atoms with Crippen LogP contribution in [0, 0.1) is 13.8 Å². The zero-order valence-corrected chi connectivity index (χ0v) is 12.2. The molecule has 1 heterocycles. The van der Waals surface area contributed by atoms with E-state index in [9.17, 15) is 4.79 Å². The number of ether oxygens (including phenoxy) is 1. The van der Waals surface area contributed by atoms with Crippen LogP contribution in [0.3, 0.4) is 0 Å². The molecular formula is C15H19N3O2. The molecule has 0 unspecified atom stereocenters. The standard InChI is InChI=1S/C15H19N3O2/c1-5-20-15(19)14-10(2)17-18(11(14)3)13-9-7-6-8-12(13)16-4/h6-9,16H,5H2,1-4H3. The number of nitrogens with one attached hydrogen (secondary N) is 1. The van der Waals surface area contributed by atoms with Crippen LogP contribution in [-0.4, -0.2) is 29.4 Å². The Hall–Kier alpha value is -2.30. The number of hydrogen-bond donors (Lipinski definition) is 1. The van der Waals surface area contributed by atoms with Crippen LogP contribution in [0.5, 0.6) is 0 Å². The van der Waals surface area contributed by atoms with Crippen LogP contribution in [0.2, 0.25) is 0 Å². The number of aromatic nitrogens is 2. The normalized spacial score (nSPS) is 10.4. The van der Waals surface area contributed by atoms with Crippen molar-refractivity contribution in [3.05, 3.63) is 41.2 Å². The van der Waals surface area contributed by atoms with Crippen molar-refractivity contribution < 1.29 is 9.53 Å². The Morgan fingerprint density at radius 2 is 2.05 bits per heavy atom. The van der Waals surface area contributed by atoms with Crippen molar-refractivity contribution >= 4 is 11.7 Å². The van der Waals surface area contributed by atoms with Gasteiger partial charge in [0.1, 0.15) is 5.56 Å². The molecule has 1 aromatic carbocycles. The number of hydrogen-bond acceptors (Lipinski definition) is 4. The van der Waals surface area contributed by atoms with E-state index in [1.165, 1.54) is 0 Å². The molecule has 1 N–H and O–H groups in total. The van der Waals surface area contributed by atoms with Crippen LogP contribution in [0.25, 0.3) is 5.69 Å². The monoisotopic (exact) mass is 273 g/mol. The first-order valence-corrected chi connectivity index (χ1v) is 6.60. The van der Waals surface area contributed by atoms with Crippen molar-refractivity contribution in [1.29, 1.82) is 0 Å². The zero-order valence-electron chi connectivity index (χ0n) is 12.2. The van der Waals surface area contributed by atoms with Crippen molar-refractivity contribution in [2.24, 2.45) is 0 Å². The number of esters is 1. The fraction of sp³-hybridized carbons (Fsp3) is 0.333. The molecule has 0 saturated carbocycles. The topological polar surface area (TPSA) is 56.1 Å². The lowest BCUT2D eigenvalue weighted by molar-refractivity contribution is 0.0524. The number of nitrogens with zero attached hydrogens (tertiary/aromatic N) is 2. The van der Waals surface area contributed by atoms with E-state index in [0.717, 1.165) is 17.1 Å². The van der Waals surface area contributed by atoms with Crippen molar-refractivity contribution in [3.8, 4) is 5.69 Å². The van der Waals surface area contributed by atoms with Gasteiger partial charge in [-0.1, -0.05) is 12.1 Å². The molecule has 0 aliphatic heterocycles. The minimum Gasteiger partial charge on any atom is -0.462 e. The Balaban J connectivity index is 2.54. The summed E-state index contributed by atoms with van der Waals surface area (Å²) in [5.74, 6) is -0.323. The van der Waals surface area contributed by atoms with Gasteiger partial charge >= 0.3 is 5.97 Å². The first kappa shape index (κ1) is 14.1. The third-order valence-corrected chi connectivity index (χ3v) is 3.17. The number of carbonyl (C=O) groups is 1. The van der Waals surface area contributed by atoms with Crippen molar-refractivity contribution in [1.82, 2.24) is 9.78 Å². The molecular weight excluding hydrogens is 254 g/mol. The van der Waals surface area contributed by atoms with Crippen LogP contribution in [0.1, 0.15) is 28.7 Å². The SMILES string of the molecule is CCOC(=O)c1c(C)nn(-c2ccccc2NC)c1C. The van der Waals surface area contributed by atoms with Crippen molar-refractivity contribution in [2.45, 2.75) is 20.8 Å². The maximum Gasteiger partial charge on any atom is 0.341 e. The van der Waals surface area contributed by atoms with Gasteiger partial charge < -0.3 is 10.1 Å². The van der Waals surface area contributed by atoms with E-state index in [-0.39, 0.29) is 5.97 Å². The van der Waals surface area contributed by atoms with Crippen LogP contribution >= 0.6 is 0 Å². The average Bonchev–Trinajstić information content (AvgIpc) is 2.74. The van der Waals surface area contributed by atoms with E-state index in [1.54, 1.807) is 11.6 Å². The predicted octanol–water partition coefficient (Wildman–Crippen LogP) is 2.71. The molecule has 0 fully saturated rings. The summed E-state index contributed by atoms with van der Waals surface area (Å²) in [6, 6.07) is 7.82. The first-order chi connectivity index (χ1) is 9.60. The van der Waals surface area contributed by atoms with Gasteiger partial charge in [0.15, 0.2) is 0 Å². The van der Waals surface area contributed by atoms with E-state index in [0.29, 0.717) is 17.9 Å². The average molecular weight is 273 g/mol. The largest absolute Gasteiger partial charge is 0.462 e. The Morgan fingerprint density at radius 1 is 1.35 bits per heavy atom. The maximum atomic E-state index is 12.0. The minimum atomic E-state index is -0.323. The molecule has 106 valence electrons. The number of anilines is 1. The summed E-state index contributed by atoms with van der Waals surface area (Å²) in [5.41, 5.74) is 3.85. The van der Waals surface area contributed by atoms with E-state index in [1.807, 2.05) is 45.2 Å². The number of benzene rings is 1. The zero-order chi connectivity index (χ0) is 14.7. The van der Waals surface area contributed by atoms with Gasteiger partial charge in [0, 0.05) is 7.05 Å². The van der Waals surface area contributed by atoms with Gasteiger partial charge in [-0.2, -0.15) is 5.10 Å².